The Morgan fingerprint density at radius 1 is 1.35 bits per heavy atom. The van der Waals surface area contributed by atoms with Gasteiger partial charge in [0, 0.05) is 16.9 Å². The highest BCUT2D eigenvalue weighted by Gasteiger charge is 2.73. The molecule has 0 radical (unpaired) electrons. The van der Waals surface area contributed by atoms with Crippen LogP contribution in [0.5, 0.6) is 0 Å². The zero-order valence-corrected chi connectivity index (χ0v) is 14.8. The van der Waals surface area contributed by atoms with E-state index in [1.54, 1.807) is 12.5 Å². The van der Waals surface area contributed by atoms with Gasteiger partial charge in [-0.25, -0.2) is 0 Å². The van der Waals surface area contributed by atoms with Gasteiger partial charge in [0.2, 0.25) is 0 Å². The van der Waals surface area contributed by atoms with E-state index in [-0.39, 0.29) is 24.6 Å². The molecule has 3 fully saturated rings. The molecule has 6 heteroatoms. The van der Waals surface area contributed by atoms with Crippen LogP contribution in [0.2, 0.25) is 0 Å². The van der Waals surface area contributed by atoms with Gasteiger partial charge < -0.3 is 24.1 Å². The van der Waals surface area contributed by atoms with Crippen molar-refractivity contribution in [2.24, 2.45) is 22.7 Å². The number of carbonyl (C=O) groups is 1. The van der Waals surface area contributed by atoms with Gasteiger partial charge in [0.25, 0.3) is 0 Å². The Balaban J connectivity index is 1.61. The van der Waals surface area contributed by atoms with Gasteiger partial charge in [0.05, 0.1) is 35.6 Å². The molecule has 3 heterocycles. The third-order valence-electron chi connectivity index (χ3n) is 7.72. The Morgan fingerprint density at radius 3 is 2.96 bits per heavy atom. The molecule has 2 aliphatic carbocycles. The van der Waals surface area contributed by atoms with Gasteiger partial charge in [-0.3, -0.25) is 4.79 Å². The van der Waals surface area contributed by atoms with Gasteiger partial charge in [-0.1, -0.05) is 19.1 Å². The molecule has 2 saturated heterocycles. The van der Waals surface area contributed by atoms with Crippen LogP contribution in [0.15, 0.2) is 35.2 Å². The molecule has 5 rings (SSSR count). The summed E-state index contributed by atoms with van der Waals surface area (Å²) in [5.41, 5.74) is -1.51. The number of furan rings is 1. The summed E-state index contributed by atoms with van der Waals surface area (Å²) in [6, 6.07) is 1.83. The predicted octanol–water partition coefficient (Wildman–Crippen LogP) is 2.33. The Bertz CT molecular complexity index is 756. The highest BCUT2D eigenvalue weighted by atomic mass is 16.6. The number of rotatable bonds is 1. The van der Waals surface area contributed by atoms with Gasteiger partial charge in [0.15, 0.2) is 6.29 Å². The molecule has 4 aliphatic rings. The van der Waals surface area contributed by atoms with Gasteiger partial charge in [-0.2, -0.15) is 0 Å². The number of ether oxygens (including phenoxy) is 2. The number of hydrogen-bond donors (Lipinski definition) is 2. The fourth-order valence-electron chi connectivity index (χ4n) is 6.23. The van der Waals surface area contributed by atoms with Crippen molar-refractivity contribution < 1.29 is 28.9 Å². The minimum Gasteiger partial charge on any atom is -0.472 e. The first kappa shape index (κ1) is 16.5. The van der Waals surface area contributed by atoms with E-state index in [0.29, 0.717) is 25.7 Å². The molecule has 1 saturated carbocycles. The zero-order valence-electron chi connectivity index (χ0n) is 14.8. The molecule has 2 aliphatic heterocycles. The average Bonchev–Trinajstić information content (AvgIpc) is 3.24. The molecule has 26 heavy (non-hydrogen) atoms. The van der Waals surface area contributed by atoms with Crippen LogP contribution in [0, 0.1) is 22.7 Å². The Morgan fingerprint density at radius 2 is 2.19 bits per heavy atom. The number of carbonyl (C=O) groups excluding carboxylic acids is 1. The molecule has 140 valence electrons. The lowest BCUT2D eigenvalue weighted by molar-refractivity contribution is -0.319. The van der Waals surface area contributed by atoms with Crippen molar-refractivity contribution in [3.63, 3.8) is 0 Å². The summed E-state index contributed by atoms with van der Waals surface area (Å²) in [7, 11) is 0. The van der Waals surface area contributed by atoms with Crippen molar-refractivity contribution in [3.8, 4) is 0 Å². The largest absolute Gasteiger partial charge is 0.472 e. The minimum atomic E-state index is -1.14. The van der Waals surface area contributed by atoms with Gasteiger partial charge >= 0.3 is 5.97 Å². The molecular formula is C20H24O6. The second-order valence-electron chi connectivity index (χ2n) is 8.57. The summed E-state index contributed by atoms with van der Waals surface area (Å²) in [6.07, 6.45) is 8.03. The van der Waals surface area contributed by atoms with Crippen LogP contribution >= 0.6 is 0 Å². The molecule has 0 amide bonds. The second kappa shape index (κ2) is 5.21. The zero-order chi connectivity index (χ0) is 18.2. The van der Waals surface area contributed by atoms with E-state index in [1.165, 1.54) is 0 Å². The van der Waals surface area contributed by atoms with Crippen molar-refractivity contribution in [2.45, 2.75) is 50.6 Å². The molecule has 1 aromatic rings. The fraction of sp³-hybridized carbons (Fsp3) is 0.650. The molecule has 0 bridgehead atoms. The number of aliphatic hydroxyl groups is 2. The van der Waals surface area contributed by atoms with Gasteiger partial charge in [-0.15, -0.1) is 0 Å². The van der Waals surface area contributed by atoms with Crippen LogP contribution in [0.25, 0.3) is 0 Å². The molecule has 1 spiro atoms. The highest BCUT2D eigenvalue weighted by molar-refractivity contribution is 5.78. The van der Waals surface area contributed by atoms with Crippen molar-refractivity contribution in [1.82, 2.24) is 0 Å². The minimum absolute atomic E-state index is 0.191. The monoisotopic (exact) mass is 360 g/mol. The maximum Gasteiger partial charge on any atom is 0.313 e. The lowest BCUT2D eigenvalue weighted by Crippen LogP contribution is -2.70. The second-order valence-corrected chi connectivity index (χ2v) is 8.57. The average molecular weight is 360 g/mol. The number of aliphatic hydroxyl groups excluding tert-OH is 1. The Kier molecular flexibility index (Phi) is 3.31. The van der Waals surface area contributed by atoms with E-state index in [1.807, 2.05) is 25.1 Å². The van der Waals surface area contributed by atoms with Crippen LogP contribution in [0.1, 0.15) is 44.3 Å². The van der Waals surface area contributed by atoms with Crippen LogP contribution in [-0.2, 0) is 14.3 Å². The Labute approximate surface area is 151 Å². The first-order valence-corrected chi connectivity index (χ1v) is 9.33. The summed E-state index contributed by atoms with van der Waals surface area (Å²) >= 11 is 0. The topological polar surface area (TPSA) is 89.1 Å². The molecule has 7 atom stereocenters. The van der Waals surface area contributed by atoms with Crippen molar-refractivity contribution in [2.75, 3.05) is 6.61 Å². The van der Waals surface area contributed by atoms with E-state index in [0.717, 1.165) is 5.56 Å². The van der Waals surface area contributed by atoms with Crippen LogP contribution < -0.4 is 0 Å². The lowest BCUT2D eigenvalue weighted by atomic mass is 9.42. The number of esters is 1. The van der Waals surface area contributed by atoms with E-state index in [9.17, 15) is 15.0 Å². The number of hydrogen-bond acceptors (Lipinski definition) is 6. The molecular weight excluding hydrogens is 336 g/mol. The quantitative estimate of drug-likeness (QED) is 0.590. The highest BCUT2D eigenvalue weighted by Crippen LogP contribution is 2.68. The summed E-state index contributed by atoms with van der Waals surface area (Å²) in [5, 5.41) is 22.8. The summed E-state index contributed by atoms with van der Waals surface area (Å²) in [6.45, 7) is 2.28. The van der Waals surface area contributed by atoms with E-state index >= 15 is 0 Å². The van der Waals surface area contributed by atoms with Crippen molar-refractivity contribution >= 4 is 5.97 Å². The smallest absolute Gasteiger partial charge is 0.313 e. The number of cyclic esters (lactones) is 1. The first-order valence-electron chi connectivity index (χ1n) is 9.33. The Hall–Kier alpha value is -1.63. The molecule has 0 aromatic carbocycles. The van der Waals surface area contributed by atoms with Crippen LogP contribution in [0.3, 0.4) is 0 Å². The normalized spacial score (nSPS) is 49.9. The summed E-state index contributed by atoms with van der Waals surface area (Å²) < 4.78 is 16.5. The summed E-state index contributed by atoms with van der Waals surface area (Å²) in [5.74, 6) is -0.851. The number of fused-ring (bicyclic) bond motifs is 2. The van der Waals surface area contributed by atoms with Crippen molar-refractivity contribution in [3.05, 3.63) is 36.3 Å². The summed E-state index contributed by atoms with van der Waals surface area (Å²) in [4.78, 5) is 12.3. The van der Waals surface area contributed by atoms with E-state index in [2.05, 4.69) is 0 Å². The lowest BCUT2D eigenvalue weighted by Gasteiger charge is -2.65. The molecule has 6 nitrogen and oxygen atoms in total. The van der Waals surface area contributed by atoms with Crippen LogP contribution in [-0.4, -0.2) is 34.7 Å². The molecule has 1 aromatic heterocycles. The predicted molar refractivity (Wildman–Crippen MR) is 89.6 cm³/mol. The third kappa shape index (κ3) is 1.80. The first-order chi connectivity index (χ1) is 12.4. The fourth-order valence-corrected chi connectivity index (χ4v) is 6.23. The van der Waals surface area contributed by atoms with E-state index in [4.69, 9.17) is 13.9 Å². The third-order valence-corrected chi connectivity index (χ3v) is 7.72. The maximum atomic E-state index is 12.3. The van der Waals surface area contributed by atoms with Crippen LogP contribution in [0.4, 0.5) is 0 Å². The standard InChI is InChI=1S/C20H24O6/c1-18-9-15(12-5-8-24-10-12)26-17(22)13(18)4-7-19-11-25-16(21)14(19)3-2-6-20(18,19)23/h2-3,5,8,10,13-15,17,22-23H,4,6-7,9,11H2,1H3. The van der Waals surface area contributed by atoms with Crippen molar-refractivity contribution in [1.29, 1.82) is 0 Å². The SMILES string of the molecule is CC12CC(c3ccoc3)OC(O)C1CCC13COC(=O)C1C=CCC23O. The molecule has 2 N–H and O–H groups in total. The van der Waals surface area contributed by atoms with Gasteiger partial charge in [-0.05, 0) is 31.7 Å². The van der Waals surface area contributed by atoms with Gasteiger partial charge in [0.1, 0.15) is 6.61 Å². The van der Waals surface area contributed by atoms with E-state index < -0.39 is 28.6 Å². The molecule has 7 unspecified atom stereocenters. The maximum absolute atomic E-state index is 12.3.